The Bertz CT molecular complexity index is 854. The summed E-state index contributed by atoms with van der Waals surface area (Å²) < 4.78 is 11.1. The molecule has 0 aliphatic carbocycles. The molecular weight excluding hydrogens is 326 g/mol. The molecule has 0 saturated carbocycles. The van der Waals surface area contributed by atoms with Gasteiger partial charge in [-0.3, -0.25) is 4.79 Å². The molecule has 3 rings (SSSR count). The minimum absolute atomic E-state index is 0.178. The molecule has 0 aliphatic heterocycles. The SMILES string of the molecule is COc1ccc(Cl)cc1C(=O)N(C)[C@H](C)c1cc2ccccc2o1. The third-order valence-corrected chi connectivity index (χ3v) is 4.38. The lowest BCUT2D eigenvalue weighted by atomic mass is 10.1. The summed E-state index contributed by atoms with van der Waals surface area (Å²) in [6.07, 6.45) is 0. The molecule has 0 fully saturated rings. The molecular formula is C19H18ClNO3. The Morgan fingerprint density at radius 3 is 2.67 bits per heavy atom. The second-order valence-electron chi connectivity index (χ2n) is 5.62. The Morgan fingerprint density at radius 2 is 1.96 bits per heavy atom. The normalized spacial score (nSPS) is 12.2. The maximum absolute atomic E-state index is 12.9. The van der Waals surface area contributed by atoms with Gasteiger partial charge in [-0.25, -0.2) is 0 Å². The number of carbonyl (C=O) groups is 1. The van der Waals surface area contributed by atoms with Crippen LogP contribution in [0.5, 0.6) is 5.75 Å². The molecule has 0 N–H and O–H groups in total. The summed E-state index contributed by atoms with van der Waals surface area (Å²) in [6, 6.07) is 14.5. The van der Waals surface area contributed by atoms with Crippen LogP contribution in [-0.4, -0.2) is 25.0 Å². The number of amides is 1. The van der Waals surface area contributed by atoms with Crippen molar-refractivity contribution in [3.8, 4) is 5.75 Å². The van der Waals surface area contributed by atoms with Crippen molar-refractivity contribution in [3.05, 3.63) is 64.9 Å². The molecule has 1 amide bonds. The van der Waals surface area contributed by atoms with Crippen LogP contribution in [0.3, 0.4) is 0 Å². The first-order valence-corrected chi connectivity index (χ1v) is 7.98. The number of fused-ring (bicyclic) bond motifs is 1. The van der Waals surface area contributed by atoms with Gasteiger partial charge in [0.2, 0.25) is 0 Å². The highest BCUT2D eigenvalue weighted by Crippen LogP contribution is 2.30. The van der Waals surface area contributed by atoms with Crippen LogP contribution in [-0.2, 0) is 0 Å². The smallest absolute Gasteiger partial charge is 0.258 e. The van der Waals surface area contributed by atoms with E-state index in [0.717, 1.165) is 16.7 Å². The number of halogens is 1. The number of furan rings is 1. The van der Waals surface area contributed by atoms with E-state index in [9.17, 15) is 4.79 Å². The molecule has 0 aliphatic rings. The lowest BCUT2D eigenvalue weighted by Gasteiger charge is -2.24. The Balaban J connectivity index is 1.91. The predicted molar refractivity (Wildman–Crippen MR) is 94.7 cm³/mol. The van der Waals surface area contributed by atoms with Gasteiger partial charge in [0.25, 0.3) is 5.91 Å². The average molecular weight is 344 g/mol. The topological polar surface area (TPSA) is 42.7 Å². The van der Waals surface area contributed by atoms with E-state index in [2.05, 4.69) is 0 Å². The van der Waals surface area contributed by atoms with Crippen LogP contribution >= 0.6 is 11.6 Å². The fourth-order valence-electron chi connectivity index (χ4n) is 2.61. The highest BCUT2D eigenvalue weighted by Gasteiger charge is 2.24. The summed E-state index contributed by atoms with van der Waals surface area (Å²) in [7, 11) is 3.27. The van der Waals surface area contributed by atoms with Crippen molar-refractivity contribution < 1.29 is 13.9 Å². The van der Waals surface area contributed by atoms with E-state index >= 15 is 0 Å². The van der Waals surface area contributed by atoms with Crippen molar-refractivity contribution in [1.82, 2.24) is 4.90 Å². The van der Waals surface area contributed by atoms with Gasteiger partial charge in [-0.15, -0.1) is 0 Å². The second kappa shape index (κ2) is 6.57. The van der Waals surface area contributed by atoms with Gasteiger partial charge in [-0.2, -0.15) is 0 Å². The summed E-state index contributed by atoms with van der Waals surface area (Å²) in [5, 5.41) is 1.50. The minimum atomic E-state index is -0.228. The molecule has 124 valence electrons. The number of benzene rings is 2. The average Bonchev–Trinajstić information content (AvgIpc) is 3.03. The summed E-state index contributed by atoms with van der Waals surface area (Å²) in [5.74, 6) is 1.04. The van der Waals surface area contributed by atoms with E-state index in [1.165, 1.54) is 7.11 Å². The van der Waals surface area contributed by atoms with Crippen molar-refractivity contribution in [2.75, 3.05) is 14.2 Å². The van der Waals surface area contributed by atoms with E-state index < -0.39 is 0 Å². The van der Waals surface area contributed by atoms with Crippen molar-refractivity contribution in [2.45, 2.75) is 13.0 Å². The van der Waals surface area contributed by atoms with Gasteiger partial charge < -0.3 is 14.1 Å². The fraction of sp³-hybridized carbons (Fsp3) is 0.211. The molecule has 0 radical (unpaired) electrons. The first kappa shape index (κ1) is 16.4. The highest BCUT2D eigenvalue weighted by atomic mass is 35.5. The number of rotatable bonds is 4. The Morgan fingerprint density at radius 1 is 1.21 bits per heavy atom. The molecule has 0 unspecified atom stereocenters. The van der Waals surface area contributed by atoms with Gasteiger partial charge >= 0.3 is 0 Å². The van der Waals surface area contributed by atoms with Gasteiger partial charge in [-0.05, 0) is 37.3 Å². The van der Waals surface area contributed by atoms with Crippen LogP contribution in [0.15, 0.2) is 52.9 Å². The number of hydrogen-bond acceptors (Lipinski definition) is 3. The maximum Gasteiger partial charge on any atom is 0.258 e. The third-order valence-electron chi connectivity index (χ3n) is 4.15. The largest absolute Gasteiger partial charge is 0.496 e. The molecule has 2 aromatic carbocycles. The Hall–Kier alpha value is -2.46. The van der Waals surface area contributed by atoms with Crippen molar-refractivity contribution >= 4 is 28.5 Å². The summed E-state index contributed by atoms with van der Waals surface area (Å²) in [4.78, 5) is 14.5. The van der Waals surface area contributed by atoms with Crippen LogP contribution in [0.25, 0.3) is 11.0 Å². The molecule has 24 heavy (non-hydrogen) atoms. The molecule has 4 nitrogen and oxygen atoms in total. The Kier molecular flexibility index (Phi) is 4.49. The van der Waals surface area contributed by atoms with Gasteiger partial charge in [0, 0.05) is 17.5 Å². The van der Waals surface area contributed by atoms with Gasteiger partial charge in [0.15, 0.2) is 0 Å². The van der Waals surface area contributed by atoms with Crippen LogP contribution in [0, 0.1) is 0 Å². The highest BCUT2D eigenvalue weighted by molar-refractivity contribution is 6.31. The van der Waals surface area contributed by atoms with Crippen molar-refractivity contribution in [3.63, 3.8) is 0 Å². The van der Waals surface area contributed by atoms with E-state index in [1.54, 1.807) is 30.1 Å². The quantitative estimate of drug-likeness (QED) is 0.674. The van der Waals surface area contributed by atoms with Crippen molar-refractivity contribution in [1.29, 1.82) is 0 Å². The number of hydrogen-bond donors (Lipinski definition) is 0. The van der Waals surface area contributed by atoms with Crippen molar-refractivity contribution in [2.24, 2.45) is 0 Å². The summed E-state index contributed by atoms with van der Waals surface area (Å²) in [6.45, 7) is 1.92. The predicted octanol–water partition coefficient (Wildman–Crippen LogP) is 4.93. The lowest BCUT2D eigenvalue weighted by Crippen LogP contribution is -2.29. The standard InChI is InChI=1S/C19H18ClNO3/c1-12(18-10-13-6-4-5-7-16(13)24-18)21(2)19(22)15-11-14(20)8-9-17(15)23-3/h4-12H,1-3H3/t12-/m1/s1. The molecule has 1 heterocycles. The second-order valence-corrected chi connectivity index (χ2v) is 6.06. The molecule has 5 heteroatoms. The molecule has 0 bridgehead atoms. The first-order chi connectivity index (χ1) is 11.5. The fourth-order valence-corrected chi connectivity index (χ4v) is 2.78. The first-order valence-electron chi connectivity index (χ1n) is 7.60. The van der Waals surface area contributed by atoms with E-state index in [1.807, 2.05) is 37.3 Å². The van der Waals surface area contributed by atoms with Crippen LogP contribution in [0.1, 0.15) is 29.1 Å². The monoisotopic (exact) mass is 343 g/mol. The zero-order valence-corrected chi connectivity index (χ0v) is 14.5. The number of ether oxygens (including phenoxy) is 1. The maximum atomic E-state index is 12.9. The van der Waals surface area contributed by atoms with Crippen LogP contribution < -0.4 is 4.74 Å². The van der Waals surface area contributed by atoms with Gasteiger partial charge in [0.1, 0.15) is 17.1 Å². The summed E-state index contributed by atoms with van der Waals surface area (Å²) in [5.41, 5.74) is 1.23. The molecule has 1 aromatic heterocycles. The van der Waals surface area contributed by atoms with Crippen LogP contribution in [0.4, 0.5) is 0 Å². The van der Waals surface area contributed by atoms with E-state index in [4.69, 9.17) is 20.8 Å². The number of carbonyl (C=O) groups excluding carboxylic acids is 1. The lowest BCUT2D eigenvalue weighted by molar-refractivity contribution is 0.0724. The van der Waals surface area contributed by atoms with Gasteiger partial charge in [-0.1, -0.05) is 29.8 Å². The molecule has 1 atom stereocenters. The van der Waals surface area contributed by atoms with Crippen LogP contribution in [0.2, 0.25) is 5.02 Å². The summed E-state index contributed by atoms with van der Waals surface area (Å²) >= 11 is 6.03. The van der Waals surface area contributed by atoms with E-state index in [-0.39, 0.29) is 11.9 Å². The Labute approximate surface area is 145 Å². The number of methoxy groups -OCH3 is 1. The molecule has 3 aromatic rings. The number of nitrogens with zero attached hydrogens (tertiary/aromatic N) is 1. The van der Waals surface area contributed by atoms with E-state index in [0.29, 0.717) is 16.3 Å². The molecule has 0 saturated heterocycles. The third kappa shape index (κ3) is 2.97. The molecule has 0 spiro atoms. The minimum Gasteiger partial charge on any atom is -0.496 e. The van der Waals surface area contributed by atoms with Gasteiger partial charge in [0.05, 0.1) is 18.7 Å². The number of para-hydroxylation sites is 1. The zero-order valence-electron chi connectivity index (χ0n) is 13.7. The zero-order chi connectivity index (χ0) is 17.3.